The van der Waals surface area contributed by atoms with E-state index in [2.05, 4.69) is 133 Å². The molecule has 8 rings (SSSR count). The van der Waals surface area contributed by atoms with Gasteiger partial charge in [0.1, 0.15) is 5.01 Å². The van der Waals surface area contributed by atoms with Crippen LogP contribution in [0.15, 0.2) is 164 Å². The zero-order chi connectivity index (χ0) is 30.0. The molecule has 0 aliphatic carbocycles. The lowest BCUT2D eigenvalue weighted by atomic mass is 10.0. The van der Waals surface area contributed by atoms with Gasteiger partial charge in [-0.2, -0.15) is 0 Å². The van der Waals surface area contributed by atoms with Gasteiger partial charge in [-0.3, -0.25) is 0 Å². The van der Waals surface area contributed by atoms with Crippen molar-refractivity contribution in [2.24, 2.45) is 0 Å². The summed E-state index contributed by atoms with van der Waals surface area (Å²) in [6.07, 6.45) is 0. The van der Waals surface area contributed by atoms with Crippen LogP contribution in [0.2, 0.25) is 0 Å². The van der Waals surface area contributed by atoms with E-state index in [0.29, 0.717) is 5.82 Å². The van der Waals surface area contributed by atoms with E-state index < -0.39 is 0 Å². The fourth-order valence-electron chi connectivity index (χ4n) is 5.57. The maximum absolute atomic E-state index is 5.06. The minimum absolute atomic E-state index is 0.704. The van der Waals surface area contributed by atoms with Crippen LogP contribution in [0.25, 0.3) is 76.9 Å². The summed E-state index contributed by atoms with van der Waals surface area (Å²) < 4.78 is 1.18. The third-order valence-corrected chi connectivity index (χ3v) is 9.04. The van der Waals surface area contributed by atoms with Gasteiger partial charge in [-0.25, -0.2) is 15.0 Å². The van der Waals surface area contributed by atoms with Gasteiger partial charge in [0.15, 0.2) is 5.82 Å². The monoisotopic (exact) mass is 593 g/mol. The van der Waals surface area contributed by atoms with Crippen LogP contribution in [0.1, 0.15) is 0 Å². The van der Waals surface area contributed by atoms with E-state index in [9.17, 15) is 0 Å². The van der Waals surface area contributed by atoms with E-state index >= 15 is 0 Å². The number of aromatic nitrogens is 3. The number of rotatable bonds is 6. The second-order valence-corrected chi connectivity index (χ2v) is 11.9. The number of fused-ring (bicyclic) bond motifs is 1. The van der Waals surface area contributed by atoms with Crippen molar-refractivity contribution in [1.29, 1.82) is 0 Å². The first-order chi connectivity index (χ1) is 22.3. The molecule has 0 saturated carbocycles. The van der Waals surface area contributed by atoms with Crippen LogP contribution in [-0.2, 0) is 0 Å². The van der Waals surface area contributed by atoms with Crippen molar-refractivity contribution in [3.63, 3.8) is 0 Å². The number of hydrogen-bond acceptors (Lipinski definition) is 4. The molecule has 0 fully saturated rings. The van der Waals surface area contributed by atoms with E-state index in [4.69, 9.17) is 15.0 Å². The molecule has 0 amide bonds. The summed E-state index contributed by atoms with van der Waals surface area (Å²) in [6.45, 7) is 0. The van der Waals surface area contributed by atoms with E-state index in [1.807, 2.05) is 30.3 Å². The summed E-state index contributed by atoms with van der Waals surface area (Å²) in [5, 5.41) is 1.04. The van der Waals surface area contributed by atoms with Crippen LogP contribution >= 0.6 is 11.3 Å². The fraction of sp³-hybridized carbons (Fsp3) is 0. The first-order valence-electron chi connectivity index (χ1n) is 14.9. The van der Waals surface area contributed by atoms with Gasteiger partial charge in [0.25, 0.3) is 0 Å². The van der Waals surface area contributed by atoms with E-state index in [1.165, 1.54) is 15.8 Å². The third-order valence-electron chi connectivity index (χ3n) is 7.97. The highest BCUT2D eigenvalue weighted by Gasteiger charge is 2.12. The van der Waals surface area contributed by atoms with Gasteiger partial charge < -0.3 is 0 Å². The van der Waals surface area contributed by atoms with Crippen LogP contribution in [0.3, 0.4) is 0 Å². The van der Waals surface area contributed by atoms with Crippen molar-refractivity contribution in [1.82, 2.24) is 15.0 Å². The van der Waals surface area contributed by atoms with Crippen molar-refractivity contribution >= 4 is 21.6 Å². The molecular weight excluding hydrogens is 567 g/mol. The predicted molar refractivity (Wildman–Crippen MR) is 188 cm³/mol. The summed E-state index contributed by atoms with van der Waals surface area (Å²) in [5.41, 5.74) is 11.7. The molecule has 212 valence electrons. The summed E-state index contributed by atoms with van der Waals surface area (Å²) in [6, 6.07) is 56.8. The average molecular weight is 594 g/mol. The normalized spacial score (nSPS) is 11.1. The molecule has 8 aromatic rings. The largest absolute Gasteiger partial charge is 0.236 e. The first-order valence-corrected chi connectivity index (χ1v) is 15.8. The van der Waals surface area contributed by atoms with Gasteiger partial charge in [-0.15, -0.1) is 11.3 Å². The SMILES string of the molecule is c1ccc(-c2ccc(-c3cc(-c4ccccc4)nc(-c4ccc(-c5ccc6nc(-c7ccccc7)sc6c5)cc4)n3)cc2)cc1. The summed E-state index contributed by atoms with van der Waals surface area (Å²) >= 11 is 1.73. The van der Waals surface area contributed by atoms with E-state index in [-0.39, 0.29) is 0 Å². The molecule has 0 bridgehead atoms. The Balaban J connectivity index is 1.14. The lowest BCUT2D eigenvalue weighted by Gasteiger charge is -2.11. The highest BCUT2D eigenvalue weighted by Crippen LogP contribution is 2.34. The number of benzene rings is 6. The van der Waals surface area contributed by atoms with E-state index in [0.717, 1.165) is 55.3 Å². The standard InChI is InChI=1S/C41H27N3S/c1-4-10-28(11-5-1)29-16-20-32(21-17-29)38-27-37(31-12-6-2-7-13-31)42-40(43-38)33-22-18-30(19-23-33)35-24-25-36-39(26-35)45-41(44-36)34-14-8-3-9-15-34/h1-27H. The molecule has 2 heterocycles. The summed E-state index contributed by atoms with van der Waals surface area (Å²) in [7, 11) is 0. The van der Waals surface area contributed by atoms with Crippen LogP contribution in [0, 0.1) is 0 Å². The fourth-order valence-corrected chi connectivity index (χ4v) is 6.58. The molecule has 0 N–H and O–H groups in total. The molecule has 0 unspecified atom stereocenters. The molecule has 6 aromatic carbocycles. The lowest BCUT2D eigenvalue weighted by molar-refractivity contribution is 1.18. The maximum atomic E-state index is 5.06. The second-order valence-electron chi connectivity index (χ2n) is 10.9. The number of nitrogens with zero attached hydrogens (tertiary/aromatic N) is 3. The Kier molecular flexibility index (Phi) is 7.02. The Labute approximate surface area is 266 Å². The van der Waals surface area contributed by atoms with Crippen LogP contribution in [0.4, 0.5) is 0 Å². The highest BCUT2D eigenvalue weighted by molar-refractivity contribution is 7.21. The molecule has 0 atom stereocenters. The highest BCUT2D eigenvalue weighted by atomic mass is 32.1. The number of thiazole rings is 1. The minimum Gasteiger partial charge on any atom is -0.236 e. The van der Waals surface area contributed by atoms with Gasteiger partial charge in [-0.05, 0) is 40.5 Å². The molecule has 45 heavy (non-hydrogen) atoms. The van der Waals surface area contributed by atoms with E-state index in [1.54, 1.807) is 11.3 Å². The zero-order valence-electron chi connectivity index (χ0n) is 24.3. The van der Waals surface area contributed by atoms with Gasteiger partial charge >= 0.3 is 0 Å². The van der Waals surface area contributed by atoms with Gasteiger partial charge in [0.05, 0.1) is 21.6 Å². The molecule has 0 aliphatic rings. The van der Waals surface area contributed by atoms with Crippen LogP contribution < -0.4 is 0 Å². The second kappa shape index (κ2) is 11.8. The smallest absolute Gasteiger partial charge is 0.160 e. The Bertz CT molecular complexity index is 2220. The number of hydrogen-bond donors (Lipinski definition) is 0. The van der Waals surface area contributed by atoms with Crippen molar-refractivity contribution in [2.45, 2.75) is 0 Å². The summed E-state index contributed by atoms with van der Waals surface area (Å²) in [4.78, 5) is 14.9. The quantitative estimate of drug-likeness (QED) is 0.192. The molecule has 4 heteroatoms. The van der Waals surface area contributed by atoms with Gasteiger partial charge in [0.2, 0.25) is 0 Å². The predicted octanol–water partition coefficient (Wildman–Crippen LogP) is 11.1. The molecule has 2 aromatic heterocycles. The van der Waals surface area contributed by atoms with Gasteiger partial charge in [0, 0.05) is 22.3 Å². The topological polar surface area (TPSA) is 38.7 Å². The Hall–Kier alpha value is -5.71. The minimum atomic E-state index is 0.704. The Morgan fingerprint density at radius 3 is 1.40 bits per heavy atom. The summed E-state index contributed by atoms with van der Waals surface area (Å²) in [5.74, 6) is 0.704. The van der Waals surface area contributed by atoms with Crippen molar-refractivity contribution < 1.29 is 0 Å². The lowest BCUT2D eigenvalue weighted by Crippen LogP contribution is -1.96. The van der Waals surface area contributed by atoms with Crippen molar-refractivity contribution in [3.8, 4) is 66.7 Å². The Morgan fingerprint density at radius 2 is 0.778 bits per heavy atom. The molecular formula is C41H27N3S. The molecule has 0 aliphatic heterocycles. The molecule has 3 nitrogen and oxygen atoms in total. The molecule has 0 spiro atoms. The Morgan fingerprint density at radius 1 is 0.333 bits per heavy atom. The van der Waals surface area contributed by atoms with Gasteiger partial charge in [-0.1, -0.05) is 146 Å². The molecule has 0 radical (unpaired) electrons. The maximum Gasteiger partial charge on any atom is 0.160 e. The molecule has 0 saturated heterocycles. The zero-order valence-corrected chi connectivity index (χ0v) is 25.2. The third kappa shape index (κ3) is 5.55. The first kappa shape index (κ1) is 26.9. The average Bonchev–Trinajstić information content (AvgIpc) is 3.57. The van der Waals surface area contributed by atoms with Crippen LogP contribution in [-0.4, -0.2) is 15.0 Å². The van der Waals surface area contributed by atoms with Crippen molar-refractivity contribution in [3.05, 3.63) is 164 Å². The van der Waals surface area contributed by atoms with Crippen molar-refractivity contribution in [2.75, 3.05) is 0 Å². The van der Waals surface area contributed by atoms with Crippen LogP contribution in [0.5, 0.6) is 0 Å².